The summed E-state index contributed by atoms with van der Waals surface area (Å²) >= 11 is 0. The van der Waals surface area contributed by atoms with E-state index in [1.807, 2.05) is 19.1 Å². The van der Waals surface area contributed by atoms with Gasteiger partial charge in [-0.15, -0.1) is 0 Å². The molecule has 1 saturated heterocycles. The average Bonchev–Trinajstić information content (AvgIpc) is 2.54. The molecule has 0 saturated carbocycles. The van der Waals surface area contributed by atoms with Crippen molar-refractivity contribution < 1.29 is 0 Å². The number of aryl methyl sites for hydroxylation is 1. The first-order valence-corrected chi connectivity index (χ1v) is 7.94. The predicted molar refractivity (Wildman–Crippen MR) is 88.9 cm³/mol. The van der Waals surface area contributed by atoms with Gasteiger partial charge < -0.3 is 10.2 Å². The molecule has 5 heteroatoms. The van der Waals surface area contributed by atoms with Crippen molar-refractivity contribution in [2.45, 2.75) is 33.2 Å². The molecule has 1 aliphatic heterocycles. The molecule has 1 aliphatic rings. The number of aromatic nitrogens is 3. The van der Waals surface area contributed by atoms with Crippen molar-refractivity contribution in [1.82, 2.24) is 15.0 Å². The van der Waals surface area contributed by atoms with Crippen molar-refractivity contribution >= 4 is 11.8 Å². The Morgan fingerprint density at radius 3 is 2.64 bits per heavy atom. The van der Waals surface area contributed by atoms with Crippen LogP contribution in [0, 0.1) is 12.8 Å². The summed E-state index contributed by atoms with van der Waals surface area (Å²) in [4.78, 5) is 15.6. The van der Waals surface area contributed by atoms with Gasteiger partial charge in [-0.3, -0.25) is 4.98 Å². The predicted octanol–water partition coefficient (Wildman–Crippen LogP) is 3.03. The van der Waals surface area contributed by atoms with Gasteiger partial charge in [-0.1, -0.05) is 6.92 Å². The molecule has 0 atom stereocenters. The van der Waals surface area contributed by atoms with Crippen LogP contribution in [-0.4, -0.2) is 28.0 Å². The van der Waals surface area contributed by atoms with E-state index in [1.165, 1.54) is 18.4 Å². The molecule has 22 heavy (non-hydrogen) atoms. The van der Waals surface area contributed by atoms with E-state index >= 15 is 0 Å². The number of hydrogen-bond donors (Lipinski definition) is 1. The van der Waals surface area contributed by atoms with Crippen molar-refractivity contribution in [2.24, 2.45) is 5.92 Å². The molecule has 2 aromatic rings. The van der Waals surface area contributed by atoms with Gasteiger partial charge in [-0.25, -0.2) is 4.98 Å². The molecule has 5 nitrogen and oxygen atoms in total. The minimum Gasteiger partial charge on any atom is -0.356 e. The second-order valence-corrected chi connectivity index (χ2v) is 6.07. The Hall–Kier alpha value is -2.17. The SMILES string of the molecule is Cc1cc(N2CCC(C)CC2)nc(NCc2ccncc2)n1. The molecule has 3 rings (SSSR count). The lowest BCUT2D eigenvalue weighted by molar-refractivity contribution is 0.436. The van der Waals surface area contributed by atoms with Crippen molar-refractivity contribution in [3.05, 3.63) is 41.9 Å². The van der Waals surface area contributed by atoms with Crippen molar-refractivity contribution in [1.29, 1.82) is 0 Å². The first-order chi connectivity index (χ1) is 10.7. The summed E-state index contributed by atoms with van der Waals surface area (Å²) in [7, 11) is 0. The Kier molecular flexibility index (Phi) is 4.51. The van der Waals surface area contributed by atoms with Crippen LogP contribution in [0.4, 0.5) is 11.8 Å². The van der Waals surface area contributed by atoms with E-state index in [1.54, 1.807) is 12.4 Å². The quantitative estimate of drug-likeness (QED) is 0.940. The van der Waals surface area contributed by atoms with Crippen LogP contribution in [0.25, 0.3) is 0 Å². The van der Waals surface area contributed by atoms with Gasteiger partial charge in [0.25, 0.3) is 0 Å². The summed E-state index contributed by atoms with van der Waals surface area (Å²) in [5.74, 6) is 2.56. The monoisotopic (exact) mass is 297 g/mol. The van der Waals surface area contributed by atoms with Gasteiger partial charge >= 0.3 is 0 Å². The van der Waals surface area contributed by atoms with E-state index in [-0.39, 0.29) is 0 Å². The maximum absolute atomic E-state index is 4.69. The standard InChI is InChI=1S/C17H23N5/c1-13-5-9-22(10-6-13)16-11-14(2)20-17(21-16)19-12-15-3-7-18-8-4-15/h3-4,7-8,11,13H,5-6,9-10,12H2,1-2H3,(H,19,20,21). The van der Waals surface area contributed by atoms with Gasteiger partial charge in [0.2, 0.25) is 5.95 Å². The van der Waals surface area contributed by atoms with E-state index in [0.29, 0.717) is 12.5 Å². The molecule has 0 aliphatic carbocycles. The molecule has 0 radical (unpaired) electrons. The zero-order chi connectivity index (χ0) is 15.4. The first kappa shape index (κ1) is 14.8. The van der Waals surface area contributed by atoms with Crippen LogP contribution in [0.15, 0.2) is 30.6 Å². The van der Waals surface area contributed by atoms with E-state index in [2.05, 4.69) is 38.2 Å². The molecular weight excluding hydrogens is 274 g/mol. The molecule has 0 unspecified atom stereocenters. The summed E-state index contributed by atoms with van der Waals surface area (Å²) in [5, 5.41) is 3.31. The molecule has 0 amide bonds. The normalized spacial score (nSPS) is 15.8. The summed E-state index contributed by atoms with van der Waals surface area (Å²) in [6.45, 7) is 7.23. The third-order valence-corrected chi connectivity index (χ3v) is 4.15. The van der Waals surface area contributed by atoms with E-state index in [9.17, 15) is 0 Å². The van der Waals surface area contributed by atoms with Crippen LogP contribution >= 0.6 is 0 Å². The summed E-state index contributed by atoms with van der Waals surface area (Å²) in [6.07, 6.45) is 6.08. The number of nitrogens with zero attached hydrogens (tertiary/aromatic N) is 4. The van der Waals surface area contributed by atoms with E-state index in [4.69, 9.17) is 0 Å². The highest BCUT2D eigenvalue weighted by Crippen LogP contribution is 2.22. The summed E-state index contributed by atoms with van der Waals surface area (Å²) < 4.78 is 0. The van der Waals surface area contributed by atoms with Crippen LogP contribution in [0.5, 0.6) is 0 Å². The fourth-order valence-electron chi connectivity index (χ4n) is 2.71. The Morgan fingerprint density at radius 1 is 1.18 bits per heavy atom. The van der Waals surface area contributed by atoms with Crippen LogP contribution in [0.2, 0.25) is 0 Å². The lowest BCUT2D eigenvalue weighted by atomic mass is 9.99. The van der Waals surface area contributed by atoms with Gasteiger partial charge in [0.15, 0.2) is 0 Å². The van der Waals surface area contributed by atoms with Gasteiger partial charge in [0, 0.05) is 43.8 Å². The third kappa shape index (κ3) is 3.72. The van der Waals surface area contributed by atoms with Crippen LogP contribution < -0.4 is 10.2 Å². The number of rotatable bonds is 4. The highest BCUT2D eigenvalue weighted by molar-refractivity contribution is 5.45. The van der Waals surface area contributed by atoms with Crippen LogP contribution in [0.1, 0.15) is 31.0 Å². The summed E-state index contributed by atoms with van der Waals surface area (Å²) in [5.41, 5.74) is 2.18. The Labute approximate surface area is 131 Å². The van der Waals surface area contributed by atoms with Gasteiger partial charge in [0.1, 0.15) is 5.82 Å². The molecule has 0 spiro atoms. The smallest absolute Gasteiger partial charge is 0.225 e. The minimum absolute atomic E-state index is 0.699. The maximum Gasteiger partial charge on any atom is 0.225 e. The minimum atomic E-state index is 0.699. The number of piperidine rings is 1. The number of hydrogen-bond acceptors (Lipinski definition) is 5. The molecule has 116 valence electrons. The molecule has 1 N–H and O–H groups in total. The van der Waals surface area contributed by atoms with E-state index in [0.717, 1.165) is 30.5 Å². The maximum atomic E-state index is 4.69. The number of anilines is 2. The highest BCUT2D eigenvalue weighted by atomic mass is 15.2. The van der Waals surface area contributed by atoms with E-state index < -0.39 is 0 Å². The van der Waals surface area contributed by atoms with Crippen LogP contribution in [0.3, 0.4) is 0 Å². The highest BCUT2D eigenvalue weighted by Gasteiger charge is 2.17. The number of pyridine rings is 1. The van der Waals surface area contributed by atoms with Crippen molar-refractivity contribution in [2.75, 3.05) is 23.3 Å². The fraction of sp³-hybridized carbons (Fsp3) is 0.471. The molecule has 0 aromatic carbocycles. The topological polar surface area (TPSA) is 53.9 Å². The third-order valence-electron chi connectivity index (χ3n) is 4.15. The Bertz CT molecular complexity index is 606. The largest absolute Gasteiger partial charge is 0.356 e. The number of nitrogens with one attached hydrogen (secondary N) is 1. The van der Waals surface area contributed by atoms with Crippen LogP contribution in [-0.2, 0) is 6.54 Å². The second kappa shape index (κ2) is 6.73. The fourth-order valence-corrected chi connectivity index (χ4v) is 2.71. The molecule has 1 fully saturated rings. The molecule has 0 bridgehead atoms. The molecular formula is C17H23N5. The zero-order valence-electron chi connectivity index (χ0n) is 13.3. The lowest BCUT2D eigenvalue weighted by Crippen LogP contribution is -2.33. The van der Waals surface area contributed by atoms with Gasteiger partial charge in [-0.05, 0) is 43.4 Å². The average molecular weight is 297 g/mol. The molecule has 2 aromatic heterocycles. The van der Waals surface area contributed by atoms with Gasteiger partial charge in [0.05, 0.1) is 0 Å². The zero-order valence-corrected chi connectivity index (χ0v) is 13.3. The van der Waals surface area contributed by atoms with Crippen molar-refractivity contribution in [3.63, 3.8) is 0 Å². The van der Waals surface area contributed by atoms with Crippen molar-refractivity contribution in [3.8, 4) is 0 Å². The Morgan fingerprint density at radius 2 is 1.91 bits per heavy atom. The first-order valence-electron chi connectivity index (χ1n) is 7.94. The molecule has 3 heterocycles. The second-order valence-electron chi connectivity index (χ2n) is 6.07. The summed E-state index contributed by atoms with van der Waals surface area (Å²) in [6, 6.07) is 6.07. The van der Waals surface area contributed by atoms with Gasteiger partial charge in [-0.2, -0.15) is 4.98 Å². The lowest BCUT2D eigenvalue weighted by Gasteiger charge is -2.31. The Balaban J connectivity index is 1.70.